The quantitative estimate of drug-likeness (QED) is 0.807. The minimum atomic E-state index is -0.898. The van der Waals surface area contributed by atoms with Gasteiger partial charge in [-0.3, -0.25) is 4.79 Å². The van der Waals surface area contributed by atoms with Crippen LogP contribution in [0.5, 0.6) is 0 Å². The van der Waals surface area contributed by atoms with Crippen LogP contribution in [0.15, 0.2) is 18.2 Å². The lowest BCUT2D eigenvalue weighted by Gasteiger charge is -2.36. The number of halogens is 2. The third-order valence-electron chi connectivity index (χ3n) is 3.68. The third kappa shape index (κ3) is 4.54. The molecule has 6 nitrogen and oxygen atoms in total. The molecule has 0 bridgehead atoms. The maximum Gasteiger partial charge on any atom is 0.317 e. The Labute approximate surface area is 132 Å². The number of carbonyl (C=O) groups is 2. The summed E-state index contributed by atoms with van der Waals surface area (Å²) in [5.41, 5.74) is 0.200. The van der Waals surface area contributed by atoms with Gasteiger partial charge in [-0.15, -0.1) is 0 Å². The first-order chi connectivity index (χ1) is 11.0. The van der Waals surface area contributed by atoms with E-state index < -0.39 is 17.6 Å². The summed E-state index contributed by atoms with van der Waals surface area (Å²) < 4.78 is 27.0. The fraction of sp³-hybridized carbons (Fsp3) is 0.467. The Morgan fingerprint density at radius 2 is 1.87 bits per heavy atom. The molecule has 0 aliphatic carbocycles. The molecule has 1 aliphatic heterocycles. The van der Waals surface area contributed by atoms with E-state index >= 15 is 0 Å². The van der Waals surface area contributed by atoms with Crippen molar-refractivity contribution in [3.05, 3.63) is 29.8 Å². The topological polar surface area (TPSA) is 72.9 Å². The third-order valence-corrected chi connectivity index (χ3v) is 3.68. The summed E-state index contributed by atoms with van der Waals surface area (Å²) in [6.45, 7) is 1.89. The first-order valence-corrected chi connectivity index (χ1v) is 7.42. The van der Waals surface area contributed by atoms with Crippen LogP contribution in [0.25, 0.3) is 0 Å². The number of urea groups is 1. The summed E-state index contributed by atoms with van der Waals surface area (Å²) in [6, 6.07) is 3.77. The van der Waals surface area contributed by atoms with Gasteiger partial charge in [0.05, 0.1) is 5.69 Å². The van der Waals surface area contributed by atoms with Crippen molar-refractivity contribution in [1.29, 1.82) is 0 Å². The van der Waals surface area contributed by atoms with Gasteiger partial charge in [0.1, 0.15) is 0 Å². The fourth-order valence-electron chi connectivity index (χ4n) is 2.43. The maximum absolute atomic E-state index is 13.8. The Morgan fingerprint density at radius 1 is 1.17 bits per heavy atom. The molecular formula is C15H19F2N3O3. The number of hydrogen-bond donors (Lipinski definition) is 2. The first kappa shape index (κ1) is 17.0. The Morgan fingerprint density at radius 3 is 2.52 bits per heavy atom. The minimum Gasteiger partial charge on any atom is -0.481 e. The van der Waals surface area contributed by atoms with Crippen molar-refractivity contribution >= 4 is 17.7 Å². The molecule has 1 heterocycles. The van der Waals surface area contributed by atoms with Crippen molar-refractivity contribution in [2.24, 2.45) is 0 Å². The van der Waals surface area contributed by atoms with Crippen molar-refractivity contribution in [3.63, 3.8) is 0 Å². The number of aliphatic carboxylic acids is 1. The van der Waals surface area contributed by atoms with Gasteiger partial charge in [-0.2, -0.15) is 0 Å². The zero-order valence-corrected chi connectivity index (χ0v) is 12.6. The number of nitrogens with one attached hydrogen (secondary N) is 1. The van der Waals surface area contributed by atoms with Gasteiger partial charge in [-0.05, 0) is 18.6 Å². The van der Waals surface area contributed by atoms with Gasteiger partial charge in [0.2, 0.25) is 0 Å². The van der Waals surface area contributed by atoms with Crippen molar-refractivity contribution in [2.45, 2.75) is 12.8 Å². The lowest BCUT2D eigenvalue weighted by Crippen LogP contribution is -2.52. The maximum atomic E-state index is 13.8. The van der Waals surface area contributed by atoms with E-state index in [9.17, 15) is 18.4 Å². The fourth-order valence-corrected chi connectivity index (χ4v) is 2.43. The second kappa shape index (κ2) is 7.75. The number of rotatable bonds is 5. The number of anilines is 1. The van der Waals surface area contributed by atoms with E-state index in [1.807, 2.05) is 0 Å². The smallest absolute Gasteiger partial charge is 0.317 e. The highest BCUT2D eigenvalue weighted by Crippen LogP contribution is 2.22. The average Bonchev–Trinajstić information content (AvgIpc) is 2.54. The molecule has 0 saturated carbocycles. The molecule has 2 amide bonds. The average molecular weight is 327 g/mol. The van der Waals surface area contributed by atoms with E-state index in [0.29, 0.717) is 39.1 Å². The lowest BCUT2D eigenvalue weighted by atomic mass is 10.2. The molecule has 23 heavy (non-hydrogen) atoms. The SMILES string of the molecule is O=C(O)CCCNC(=O)N1CCN(c2cccc(F)c2F)CC1. The molecule has 2 N–H and O–H groups in total. The van der Waals surface area contributed by atoms with Crippen molar-refractivity contribution < 1.29 is 23.5 Å². The van der Waals surface area contributed by atoms with Crippen LogP contribution in [0.1, 0.15) is 12.8 Å². The zero-order valence-electron chi connectivity index (χ0n) is 12.6. The number of piperazine rings is 1. The number of carbonyl (C=O) groups excluding carboxylic acids is 1. The predicted molar refractivity (Wildman–Crippen MR) is 80.4 cm³/mol. The van der Waals surface area contributed by atoms with Gasteiger partial charge in [0.15, 0.2) is 11.6 Å². The van der Waals surface area contributed by atoms with Crippen molar-refractivity contribution in [3.8, 4) is 0 Å². The van der Waals surface area contributed by atoms with Crippen molar-refractivity contribution in [1.82, 2.24) is 10.2 Å². The van der Waals surface area contributed by atoms with Crippen LogP contribution in [-0.4, -0.2) is 54.7 Å². The van der Waals surface area contributed by atoms with E-state index in [2.05, 4.69) is 5.32 Å². The summed E-state index contributed by atoms with van der Waals surface area (Å²) in [4.78, 5) is 25.6. The van der Waals surface area contributed by atoms with Gasteiger partial charge in [-0.1, -0.05) is 6.07 Å². The molecule has 126 valence electrons. The van der Waals surface area contributed by atoms with E-state index in [1.165, 1.54) is 12.1 Å². The lowest BCUT2D eigenvalue weighted by molar-refractivity contribution is -0.137. The Kier molecular flexibility index (Phi) is 5.72. The molecule has 0 atom stereocenters. The van der Waals surface area contributed by atoms with Gasteiger partial charge in [0, 0.05) is 39.1 Å². The first-order valence-electron chi connectivity index (χ1n) is 7.42. The Balaban J connectivity index is 1.80. The molecule has 0 radical (unpaired) electrons. The van der Waals surface area contributed by atoms with Gasteiger partial charge >= 0.3 is 12.0 Å². The van der Waals surface area contributed by atoms with Gasteiger partial charge < -0.3 is 20.2 Å². The van der Waals surface area contributed by atoms with Crippen LogP contribution >= 0.6 is 0 Å². The second-order valence-electron chi connectivity index (χ2n) is 5.28. The van der Waals surface area contributed by atoms with Crippen LogP contribution in [0.4, 0.5) is 19.3 Å². The predicted octanol–water partition coefficient (Wildman–Crippen LogP) is 1.66. The monoisotopic (exact) mass is 327 g/mol. The largest absolute Gasteiger partial charge is 0.481 e. The van der Waals surface area contributed by atoms with Crippen LogP contribution in [0, 0.1) is 11.6 Å². The van der Waals surface area contributed by atoms with Gasteiger partial charge in [-0.25, -0.2) is 13.6 Å². The van der Waals surface area contributed by atoms with Crippen molar-refractivity contribution in [2.75, 3.05) is 37.6 Å². The standard InChI is InChI=1S/C15H19F2N3O3/c16-11-3-1-4-12(14(11)17)19-7-9-20(10-8-19)15(23)18-6-2-5-13(21)22/h1,3-4H,2,5-10H2,(H,18,23)(H,21,22). The van der Waals surface area contributed by atoms with E-state index in [4.69, 9.17) is 5.11 Å². The molecule has 1 saturated heterocycles. The number of benzene rings is 1. The molecule has 0 spiro atoms. The summed E-state index contributed by atoms with van der Waals surface area (Å²) in [6.07, 6.45) is 0.377. The molecule has 0 unspecified atom stereocenters. The molecule has 1 fully saturated rings. The summed E-state index contributed by atoms with van der Waals surface area (Å²) in [5.74, 6) is -2.66. The number of hydrogen-bond acceptors (Lipinski definition) is 3. The highest BCUT2D eigenvalue weighted by molar-refractivity contribution is 5.74. The highest BCUT2D eigenvalue weighted by Gasteiger charge is 2.23. The Bertz CT molecular complexity index is 575. The van der Waals surface area contributed by atoms with E-state index in [-0.39, 0.29) is 18.1 Å². The van der Waals surface area contributed by atoms with E-state index in [0.717, 1.165) is 6.07 Å². The molecule has 1 aromatic carbocycles. The molecule has 1 aliphatic rings. The normalized spacial score (nSPS) is 14.7. The highest BCUT2D eigenvalue weighted by atomic mass is 19.2. The van der Waals surface area contributed by atoms with Gasteiger partial charge in [0.25, 0.3) is 0 Å². The van der Waals surface area contributed by atoms with E-state index in [1.54, 1.807) is 9.80 Å². The molecule has 0 aromatic heterocycles. The summed E-state index contributed by atoms with van der Waals surface area (Å²) in [5, 5.41) is 11.2. The van der Waals surface area contributed by atoms with Crippen LogP contribution < -0.4 is 10.2 Å². The van der Waals surface area contributed by atoms with Crippen LogP contribution in [0.2, 0.25) is 0 Å². The molecular weight excluding hydrogens is 308 g/mol. The number of carboxylic acid groups (broad SMARTS) is 1. The van der Waals surface area contributed by atoms with Crippen LogP contribution in [0.3, 0.4) is 0 Å². The zero-order chi connectivity index (χ0) is 16.8. The molecule has 2 rings (SSSR count). The molecule has 8 heteroatoms. The minimum absolute atomic E-state index is 0.00685. The second-order valence-corrected chi connectivity index (χ2v) is 5.28. The summed E-state index contributed by atoms with van der Waals surface area (Å²) in [7, 11) is 0. The number of amides is 2. The van der Waals surface area contributed by atoms with Crippen LogP contribution in [-0.2, 0) is 4.79 Å². The number of carboxylic acids is 1. The summed E-state index contributed by atoms with van der Waals surface area (Å²) >= 11 is 0. The Hall–Kier alpha value is -2.38. The number of nitrogens with zero attached hydrogens (tertiary/aromatic N) is 2. The molecule has 1 aromatic rings.